The van der Waals surface area contributed by atoms with Gasteiger partial charge in [0.2, 0.25) is 8.32 Å². The van der Waals surface area contributed by atoms with Gasteiger partial charge < -0.3 is 13.9 Å². The van der Waals surface area contributed by atoms with Crippen molar-refractivity contribution in [2.75, 3.05) is 13.7 Å². The number of carbonyl (C=O) groups excluding carboxylic acids is 1. The number of rotatable bonds is 6. The van der Waals surface area contributed by atoms with Gasteiger partial charge in [-0.1, -0.05) is 52.0 Å². The highest BCUT2D eigenvalue weighted by atomic mass is 28.4. The molecule has 0 heterocycles. The van der Waals surface area contributed by atoms with Crippen LogP contribution >= 0.6 is 0 Å². The van der Waals surface area contributed by atoms with Gasteiger partial charge >= 0.3 is 5.97 Å². The molecule has 1 aliphatic carbocycles. The number of hydrogen-bond donors (Lipinski definition) is 0. The second-order valence-corrected chi connectivity index (χ2v) is 14.8. The van der Waals surface area contributed by atoms with E-state index in [1.54, 1.807) is 7.11 Å². The van der Waals surface area contributed by atoms with Gasteiger partial charge in [-0.3, -0.25) is 4.79 Å². The van der Waals surface area contributed by atoms with Gasteiger partial charge in [0.1, 0.15) is 5.75 Å². The van der Waals surface area contributed by atoms with Gasteiger partial charge in [-0.2, -0.15) is 0 Å². The van der Waals surface area contributed by atoms with E-state index in [1.165, 1.54) is 0 Å². The molecule has 0 fully saturated rings. The molecular weight excluding hydrogens is 392 g/mol. The van der Waals surface area contributed by atoms with Crippen LogP contribution in [0.3, 0.4) is 0 Å². The molecule has 0 aromatic heterocycles. The third-order valence-corrected chi connectivity index (χ3v) is 11.5. The average molecular weight is 431 g/mol. The molecule has 166 valence electrons. The zero-order valence-corrected chi connectivity index (χ0v) is 21.1. The van der Waals surface area contributed by atoms with E-state index < -0.39 is 19.1 Å². The Morgan fingerprint density at radius 2 is 1.73 bits per heavy atom. The molecule has 0 saturated heterocycles. The summed E-state index contributed by atoms with van der Waals surface area (Å²) in [5.41, 5.74) is 0.239. The van der Waals surface area contributed by atoms with Crippen LogP contribution in [0.25, 0.3) is 0 Å². The molecule has 0 radical (unpaired) electrons. The van der Waals surface area contributed by atoms with Crippen molar-refractivity contribution in [1.29, 1.82) is 0 Å². The highest BCUT2D eigenvalue weighted by molar-refractivity contribution is 6.74. The summed E-state index contributed by atoms with van der Waals surface area (Å²) in [6.45, 7) is 21.7. The average Bonchev–Trinajstić information content (AvgIpc) is 2.65. The van der Waals surface area contributed by atoms with Gasteiger partial charge in [-0.15, -0.1) is 0 Å². The quantitative estimate of drug-likeness (QED) is 0.298. The summed E-state index contributed by atoms with van der Waals surface area (Å²) in [4.78, 5) is 13.2. The Morgan fingerprint density at radius 1 is 1.17 bits per heavy atom. The standard InChI is InChI=1S/C25H38O4Si/c1-11-28-22(26)25(7)18(2)16-21(29-30(9,10)23(3,4)5)17-24(25,6)19-12-14-20(27-8)15-13-19/h12-15,17H,2,11,16H2,1,3-10H3/t24-,25+/m1/s1. The molecule has 1 aliphatic rings. The lowest BCUT2D eigenvalue weighted by atomic mass is 9.55. The van der Waals surface area contributed by atoms with Crippen LogP contribution in [0.15, 0.2) is 48.3 Å². The Balaban J connectivity index is 2.65. The molecule has 30 heavy (non-hydrogen) atoms. The summed E-state index contributed by atoms with van der Waals surface area (Å²) in [5.74, 6) is 1.42. The fourth-order valence-electron chi connectivity index (χ4n) is 3.76. The molecule has 2 rings (SSSR count). The van der Waals surface area contributed by atoms with Gasteiger partial charge in [0, 0.05) is 11.8 Å². The molecule has 0 aliphatic heterocycles. The lowest BCUT2D eigenvalue weighted by Gasteiger charge is -2.49. The zero-order chi connectivity index (χ0) is 23.0. The van der Waals surface area contributed by atoms with Crippen molar-refractivity contribution in [1.82, 2.24) is 0 Å². The van der Waals surface area contributed by atoms with Crippen LogP contribution < -0.4 is 4.74 Å². The van der Waals surface area contributed by atoms with Gasteiger partial charge in [0.15, 0.2) is 0 Å². The minimum Gasteiger partial charge on any atom is -0.546 e. The number of ether oxygens (including phenoxy) is 2. The predicted molar refractivity (Wildman–Crippen MR) is 125 cm³/mol. The lowest BCUT2D eigenvalue weighted by molar-refractivity contribution is -0.155. The molecule has 0 bridgehead atoms. The maximum absolute atomic E-state index is 13.2. The summed E-state index contributed by atoms with van der Waals surface area (Å²) in [6.07, 6.45) is 2.66. The maximum Gasteiger partial charge on any atom is 0.317 e. The van der Waals surface area contributed by atoms with Crippen LogP contribution in [0.2, 0.25) is 18.1 Å². The molecule has 1 aromatic carbocycles. The number of methoxy groups -OCH3 is 1. The number of carbonyl (C=O) groups is 1. The van der Waals surface area contributed by atoms with E-state index in [0.717, 1.165) is 22.6 Å². The largest absolute Gasteiger partial charge is 0.546 e. The van der Waals surface area contributed by atoms with E-state index in [-0.39, 0.29) is 11.0 Å². The SMILES string of the molecule is C=C1CC(O[Si](C)(C)C(C)(C)C)=C[C@](C)(c2ccc(OC)cc2)[C@]1(C)C(=O)OCC. The topological polar surface area (TPSA) is 44.8 Å². The van der Waals surface area contributed by atoms with Crippen LogP contribution in [0.1, 0.15) is 53.5 Å². The molecule has 1 aromatic rings. The monoisotopic (exact) mass is 430 g/mol. The number of esters is 1. The minimum absolute atomic E-state index is 0.0770. The second-order valence-electron chi connectivity index (χ2n) is 10.0. The van der Waals surface area contributed by atoms with E-state index >= 15 is 0 Å². The molecule has 0 saturated carbocycles. The number of hydrogen-bond acceptors (Lipinski definition) is 4. The number of benzene rings is 1. The molecule has 5 heteroatoms. The molecule has 0 N–H and O–H groups in total. The first kappa shape index (κ1) is 24.3. The first-order valence-electron chi connectivity index (χ1n) is 10.6. The normalized spacial score (nSPS) is 24.8. The molecule has 2 atom stereocenters. The van der Waals surface area contributed by atoms with Gasteiger partial charge in [-0.05, 0) is 55.8 Å². The first-order valence-corrected chi connectivity index (χ1v) is 13.5. The van der Waals surface area contributed by atoms with Crippen molar-refractivity contribution in [2.45, 2.75) is 71.5 Å². The molecular formula is C25H38O4Si. The molecule has 4 nitrogen and oxygen atoms in total. The van der Waals surface area contributed by atoms with Crippen LogP contribution in [-0.4, -0.2) is 28.0 Å². The first-order chi connectivity index (χ1) is 13.7. The Labute approximate surface area is 183 Å². The minimum atomic E-state index is -2.03. The van der Waals surface area contributed by atoms with Gasteiger partial charge in [0.05, 0.1) is 24.9 Å². The van der Waals surface area contributed by atoms with Crippen LogP contribution in [0.5, 0.6) is 5.75 Å². The van der Waals surface area contributed by atoms with Crippen molar-refractivity contribution < 1.29 is 18.7 Å². The van der Waals surface area contributed by atoms with E-state index in [0.29, 0.717) is 13.0 Å². The molecule has 0 amide bonds. The highest BCUT2D eigenvalue weighted by Crippen LogP contribution is 2.54. The van der Waals surface area contributed by atoms with Crippen LogP contribution in [-0.2, 0) is 19.4 Å². The summed E-state index contributed by atoms with van der Waals surface area (Å²) in [6, 6.07) is 7.86. The Kier molecular flexibility index (Phi) is 6.67. The summed E-state index contributed by atoms with van der Waals surface area (Å²) < 4.78 is 17.5. The fourth-order valence-corrected chi connectivity index (χ4v) is 4.85. The lowest BCUT2D eigenvalue weighted by Crippen LogP contribution is -2.51. The van der Waals surface area contributed by atoms with Crippen LogP contribution in [0, 0.1) is 5.41 Å². The summed E-state index contributed by atoms with van der Waals surface area (Å²) in [5, 5.41) is 0.0770. The van der Waals surface area contributed by atoms with E-state index in [4.69, 9.17) is 13.9 Å². The van der Waals surface area contributed by atoms with Crippen molar-refractivity contribution in [3.05, 3.63) is 53.8 Å². The van der Waals surface area contributed by atoms with Gasteiger partial charge in [-0.25, -0.2) is 0 Å². The highest BCUT2D eigenvalue weighted by Gasteiger charge is 2.56. The predicted octanol–water partition coefficient (Wildman–Crippen LogP) is 6.39. The van der Waals surface area contributed by atoms with Crippen molar-refractivity contribution in [2.24, 2.45) is 5.41 Å². The Hall–Kier alpha value is -2.01. The Morgan fingerprint density at radius 3 is 2.20 bits per heavy atom. The number of allylic oxidation sites excluding steroid dienone is 2. The van der Waals surface area contributed by atoms with Crippen molar-refractivity contribution in [3.63, 3.8) is 0 Å². The van der Waals surface area contributed by atoms with E-state index in [1.807, 2.05) is 38.1 Å². The summed E-state index contributed by atoms with van der Waals surface area (Å²) in [7, 11) is -0.389. The van der Waals surface area contributed by atoms with Gasteiger partial charge in [0.25, 0.3) is 0 Å². The summed E-state index contributed by atoms with van der Waals surface area (Å²) >= 11 is 0. The maximum atomic E-state index is 13.2. The molecule has 0 spiro atoms. The molecule has 0 unspecified atom stereocenters. The Bertz CT molecular complexity index is 832. The van der Waals surface area contributed by atoms with Crippen molar-refractivity contribution in [3.8, 4) is 5.75 Å². The smallest absolute Gasteiger partial charge is 0.317 e. The van der Waals surface area contributed by atoms with Crippen molar-refractivity contribution >= 4 is 14.3 Å². The fraction of sp³-hybridized carbons (Fsp3) is 0.560. The van der Waals surface area contributed by atoms with E-state index in [2.05, 4.69) is 53.4 Å². The zero-order valence-electron chi connectivity index (χ0n) is 20.1. The van der Waals surface area contributed by atoms with E-state index in [9.17, 15) is 4.79 Å². The third kappa shape index (κ3) is 4.09. The third-order valence-electron chi connectivity index (χ3n) is 7.15. The van der Waals surface area contributed by atoms with Crippen LogP contribution in [0.4, 0.5) is 0 Å². The second kappa shape index (κ2) is 8.25.